The van der Waals surface area contributed by atoms with Gasteiger partial charge in [0.15, 0.2) is 0 Å². The smallest absolute Gasteiger partial charge is 0.322 e. The monoisotopic (exact) mass is 281 g/mol. The molecule has 2 atom stereocenters. The van der Waals surface area contributed by atoms with E-state index in [0.29, 0.717) is 0 Å². The molecule has 0 fully saturated rings. The van der Waals surface area contributed by atoms with Crippen molar-refractivity contribution in [2.24, 2.45) is 11.8 Å². The van der Waals surface area contributed by atoms with E-state index in [1.54, 1.807) is 13.8 Å². The number of carboxylic acid groups (broad SMARTS) is 2. The van der Waals surface area contributed by atoms with E-state index in [9.17, 15) is 18.0 Å². The molecule has 7 nitrogen and oxygen atoms in total. The summed E-state index contributed by atoms with van der Waals surface area (Å²) >= 11 is 0. The Hall–Kier alpha value is -1.15. The quantitative estimate of drug-likeness (QED) is 0.683. The van der Waals surface area contributed by atoms with Crippen LogP contribution in [-0.4, -0.2) is 53.7 Å². The molecule has 18 heavy (non-hydrogen) atoms. The zero-order chi connectivity index (χ0) is 14.7. The van der Waals surface area contributed by atoms with Gasteiger partial charge in [0.05, 0.1) is 12.2 Å². The summed E-state index contributed by atoms with van der Waals surface area (Å²) in [5, 5.41) is 17.9. The lowest BCUT2D eigenvalue weighted by atomic mass is 10.0. The summed E-state index contributed by atoms with van der Waals surface area (Å²) < 4.78 is 24.0. The highest BCUT2D eigenvalue weighted by Gasteiger charge is 2.36. The molecule has 0 aromatic heterocycles. The molecular formula is C10H19NO6S. The normalized spacial score (nSPS) is 15.7. The molecule has 8 heteroatoms. The number of nitrogens with zero attached hydrogens (tertiary/aromatic N) is 1. The molecule has 0 heterocycles. The first-order chi connectivity index (χ1) is 7.98. The Morgan fingerprint density at radius 3 is 1.78 bits per heavy atom. The minimum atomic E-state index is -3.79. The number of rotatable bonds is 7. The summed E-state index contributed by atoms with van der Waals surface area (Å²) in [5.41, 5.74) is 0. The molecule has 0 amide bonds. The van der Waals surface area contributed by atoms with E-state index in [0.717, 1.165) is 10.6 Å². The van der Waals surface area contributed by atoms with Crippen LogP contribution in [0.4, 0.5) is 0 Å². The highest BCUT2D eigenvalue weighted by atomic mass is 32.2. The maximum atomic E-state index is 11.6. The van der Waals surface area contributed by atoms with Crippen LogP contribution in [-0.2, 0) is 19.6 Å². The average molecular weight is 281 g/mol. The number of sulfonamides is 1. The summed E-state index contributed by atoms with van der Waals surface area (Å²) in [6, 6.07) is -1.26. The molecule has 0 aliphatic heterocycles. The maximum absolute atomic E-state index is 11.6. The predicted molar refractivity (Wildman–Crippen MR) is 64.6 cm³/mol. The van der Waals surface area contributed by atoms with Crippen molar-refractivity contribution in [2.75, 3.05) is 12.8 Å². The molecule has 106 valence electrons. The zero-order valence-corrected chi connectivity index (χ0v) is 11.6. The second-order valence-corrected chi connectivity index (χ2v) is 6.53. The molecule has 0 spiro atoms. The Labute approximate surface area is 106 Å². The second kappa shape index (κ2) is 6.14. The summed E-state index contributed by atoms with van der Waals surface area (Å²) in [6.45, 7) is 4.12. The molecule has 0 aliphatic carbocycles. The molecule has 0 saturated carbocycles. The van der Waals surface area contributed by atoms with Gasteiger partial charge in [0, 0.05) is 6.54 Å². The van der Waals surface area contributed by atoms with Gasteiger partial charge in [-0.05, 0) is 5.92 Å². The number of hydrogen-bond donors (Lipinski definition) is 2. The van der Waals surface area contributed by atoms with Crippen LogP contribution in [0, 0.1) is 11.8 Å². The van der Waals surface area contributed by atoms with Gasteiger partial charge in [0.2, 0.25) is 10.0 Å². The van der Waals surface area contributed by atoms with Crippen molar-refractivity contribution in [3.05, 3.63) is 0 Å². The molecule has 0 aromatic carbocycles. The first-order valence-corrected chi connectivity index (χ1v) is 7.25. The Morgan fingerprint density at radius 2 is 1.56 bits per heavy atom. The van der Waals surface area contributed by atoms with E-state index in [1.165, 1.54) is 6.92 Å². The summed E-state index contributed by atoms with van der Waals surface area (Å²) in [7, 11) is -3.79. The highest BCUT2D eigenvalue weighted by Crippen LogP contribution is 2.17. The van der Waals surface area contributed by atoms with Crippen molar-refractivity contribution in [1.82, 2.24) is 4.31 Å². The van der Waals surface area contributed by atoms with Crippen molar-refractivity contribution in [3.63, 3.8) is 0 Å². The molecule has 0 aliphatic rings. The SMILES string of the molecule is CC(CN(C(C(=O)O)C(C)C)S(C)(=O)=O)C(=O)O. The third kappa shape index (κ3) is 4.61. The van der Waals surface area contributed by atoms with Crippen molar-refractivity contribution >= 4 is 22.0 Å². The number of hydrogen-bond acceptors (Lipinski definition) is 4. The number of carboxylic acids is 2. The highest BCUT2D eigenvalue weighted by molar-refractivity contribution is 7.88. The first kappa shape index (κ1) is 16.9. The molecule has 0 saturated heterocycles. The molecule has 2 unspecified atom stereocenters. The first-order valence-electron chi connectivity index (χ1n) is 5.41. The molecule has 0 rings (SSSR count). The fourth-order valence-electron chi connectivity index (χ4n) is 1.54. The van der Waals surface area contributed by atoms with Gasteiger partial charge >= 0.3 is 11.9 Å². The van der Waals surface area contributed by atoms with Crippen LogP contribution < -0.4 is 0 Å². The van der Waals surface area contributed by atoms with Gasteiger partial charge in [-0.15, -0.1) is 0 Å². The van der Waals surface area contributed by atoms with Crippen LogP contribution in [0.25, 0.3) is 0 Å². The summed E-state index contributed by atoms with van der Waals surface area (Å²) in [5.74, 6) is -3.89. The summed E-state index contributed by atoms with van der Waals surface area (Å²) in [6.07, 6.45) is 0.875. The van der Waals surface area contributed by atoms with Crippen LogP contribution in [0.1, 0.15) is 20.8 Å². The lowest BCUT2D eigenvalue weighted by Gasteiger charge is -2.30. The summed E-state index contributed by atoms with van der Waals surface area (Å²) in [4.78, 5) is 21.9. The maximum Gasteiger partial charge on any atom is 0.322 e. The van der Waals surface area contributed by atoms with E-state index >= 15 is 0 Å². The average Bonchev–Trinajstić information content (AvgIpc) is 2.13. The lowest BCUT2D eigenvalue weighted by molar-refractivity contribution is -0.146. The van der Waals surface area contributed by atoms with E-state index in [1.807, 2.05) is 0 Å². The Kier molecular flexibility index (Phi) is 5.75. The standard InChI is InChI=1S/C10H19NO6S/c1-6(2)8(10(14)15)11(18(4,16)17)5-7(3)9(12)13/h6-8H,5H2,1-4H3,(H,12,13)(H,14,15). The van der Waals surface area contributed by atoms with Gasteiger partial charge in [-0.25, -0.2) is 8.42 Å². The number of carbonyl (C=O) groups is 2. The third-order valence-electron chi connectivity index (χ3n) is 2.50. The minimum absolute atomic E-state index is 0.358. The fourth-order valence-corrected chi connectivity index (χ4v) is 2.78. The Morgan fingerprint density at radius 1 is 1.11 bits per heavy atom. The van der Waals surface area contributed by atoms with E-state index in [-0.39, 0.29) is 6.54 Å². The van der Waals surface area contributed by atoms with Crippen LogP contribution in [0.5, 0.6) is 0 Å². The van der Waals surface area contributed by atoms with E-state index in [4.69, 9.17) is 10.2 Å². The van der Waals surface area contributed by atoms with E-state index in [2.05, 4.69) is 0 Å². The van der Waals surface area contributed by atoms with E-state index < -0.39 is 39.8 Å². The van der Waals surface area contributed by atoms with Gasteiger partial charge < -0.3 is 10.2 Å². The van der Waals surface area contributed by atoms with Gasteiger partial charge in [-0.3, -0.25) is 9.59 Å². The van der Waals surface area contributed by atoms with Gasteiger partial charge in [-0.2, -0.15) is 4.31 Å². The largest absolute Gasteiger partial charge is 0.481 e. The molecule has 0 radical (unpaired) electrons. The van der Waals surface area contributed by atoms with Crippen LogP contribution in [0.15, 0.2) is 0 Å². The second-order valence-electron chi connectivity index (χ2n) is 4.60. The van der Waals surface area contributed by atoms with Crippen LogP contribution in [0.3, 0.4) is 0 Å². The molecule has 2 N–H and O–H groups in total. The fraction of sp³-hybridized carbons (Fsp3) is 0.800. The zero-order valence-electron chi connectivity index (χ0n) is 10.8. The van der Waals surface area contributed by atoms with Gasteiger partial charge in [-0.1, -0.05) is 20.8 Å². The van der Waals surface area contributed by atoms with Crippen molar-refractivity contribution in [2.45, 2.75) is 26.8 Å². The Balaban J connectivity index is 5.36. The van der Waals surface area contributed by atoms with Crippen LogP contribution in [0.2, 0.25) is 0 Å². The predicted octanol–water partition coefficient (Wildman–Crippen LogP) is 0.0779. The topological polar surface area (TPSA) is 112 Å². The third-order valence-corrected chi connectivity index (χ3v) is 3.72. The van der Waals surface area contributed by atoms with Crippen molar-refractivity contribution in [3.8, 4) is 0 Å². The van der Waals surface area contributed by atoms with Crippen molar-refractivity contribution < 1.29 is 28.2 Å². The lowest BCUT2D eigenvalue weighted by Crippen LogP contribution is -2.50. The molecule has 0 bridgehead atoms. The Bertz CT molecular complexity index is 416. The van der Waals surface area contributed by atoms with Gasteiger partial charge in [0.25, 0.3) is 0 Å². The minimum Gasteiger partial charge on any atom is -0.481 e. The number of aliphatic carboxylic acids is 2. The van der Waals surface area contributed by atoms with Gasteiger partial charge in [0.1, 0.15) is 6.04 Å². The van der Waals surface area contributed by atoms with Crippen molar-refractivity contribution in [1.29, 1.82) is 0 Å². The molecular weight excluding hydrogens is 262 g/mol. The van der Waals surface area contributed by atoms with Crippen LogP contribution >= 0.6 is 0 Å². The molecule has 0 aromatic rings.